The minimum Gasteiger partial charge on any atom is -0.324 e. The maximum atomic E-state index is 13.2. The van der Waals surface area contributed by atoms with Crippen molar-refractivity contribution >= 4 is 22.4 Å². The van der Waals surface area contributed by atoms with E-state index in [0.717, 1.165) is 29.7 Å². The zero-order chi connectivity index (χ0) is 19.9. The Labute approximate surface area is 157 Å². The molecule has 0 unspecified atom stereocenters. The van der Waals surface area contributed by atoms with Crippen molar-refractivity contribution in [2.45, 2.75) is 31.5 Å². The van der Waals surface area contributed by atoms with Gasteiger partial charge in [0.15, 0.2) is 0 Å². The highest BCUT2D eigenvalue weighted by Gasteiger charge is 2.37. The largest absolute Gasteiger partial charge is 0.421 e. The van der Waals surface area contributed by atoms with E-state index in [4.69, 9.17) is 0 Å². The normalized spacial score (nSPS) is 14.2. The third-order valence-electron chi connectivity index (χ3n) is 4.65. The van der Waals surface area contributed by atoms with Gasteiger partial charge in [0, 0.05) is 17.0 Å². The van der Waals surface area contributed by atoms with Crippen LogP contribution in [0.5, 0.6) is 0 Å². The van der Waals surface area contributed by atoms with E-state index >= 15 is 0 Å². The van der Waals surface area contributed by atoms with Crippen molar-refractivity contribution in [1.82, 2.24) is 9.78 Å². The van der Waals surface area contributed by atoms with Gasteiger partial charge < -0.3 is 5.32 Å². The molecular weight excluding hydrogens is 371 g/mol. The molecule has 1 aliphatic carbocycles. The van der Waals surface area contributed by atoms with Crippen LogP contribution < -0.4 is 10.9 Å². The highest BCUT2D eigenvalue weighted by Crippen LogP contribution is 2.40. The zero-order valence-electron chi connectivity index (χ0n) is 14.7. The standard InChI is InChI=1S/C20H16F3N3O2/c21-20(22,23)15-10-17(13-8-9-13)25-26(19(15)28)11-18(27)24-16-7-3-5-12-4-1-2-6-14(12)16/h1-7,10,13H,8-9,11H2,(H,24,27). The summed E-state index contributed by atoms with van der Waals surface area (Å²) >= 11 is 0. The van der Waals surface area contributed by atoms with Crippen LogP contribution in [0, 0.1) is 0 Å². The van der Waals surface area contributed by atoms with Gasteiger partial charge in [0.25, 0.3) is 5.56 Å². The van der Waals surface area contributed by atoms with E-state index in [1.54, 1.807) is 12.1 Å². The van der Waals surface area contributed by atoms with Gasteiger partial charge in [0.1, 0.15) is 12.1 Å². The minimum atomic E-state index is -4.79. The van der Waals surface area contributed by atoms with Crippen LogP contribution in [0.4, 0.5) is 18.9 Å². The lowest BCUT2D eigenvalue weighted by molar-refractivity contribution is -0.139. The molecule has 1 aromatic heterocycles. The summed E-state index contributed by atoms with van der Waals surface area (Å²) in [5, 5.41) is 8.36. The zero-order valence-corrected chi connectivity index (χ0v) is 14.7. The Morgan fingerprint density at radius 2 is 1.86 bits per heavy atom. The molecule has 1 aliphatic rings. The SMILES string of the molecule is O=C(Cn1nc(C2CC2)cc(C(F)(F)F)c1=O)Nc1cccc2ccccc12. The molecular formula is C20H16F3N3O2. The molecule has 2 aromatic carbocycles. The highest BCUT2D eigenvalue weighted by molar-refractivity contribution is 6.01. The van der Waals surface area contributed by atoms with Crippen LogP contribution in [0.3, 0.4) is 0 Å². The van der Waals surface area contributed by atoms with Crippen molar-refractivity contribution in [3.05, 3.63) is 70.1 Å². The summed E-state index contributed by atoms with van der Waals surface area (Å²) in [6.07, 6.45) is -3.34. The van der Waals surface area contributed by atoms with Crippen LogP contribution in [0.25, 0.3) is 10.8 Å². The maximum absolute atomic E-state index is 13.2. The lowest BCUT2D eigenvalue weighted by atomic mass is 10.1. The van der Waals surface area contributed by atoms with Crippen molar-refractivity contribution in [2.24, 2.45) is 0 Å². The molecule has 3 aromatic rings. The molecule has 0 spiro atoms. The monoisotopic (exact) mass is 387 g/mol. The molecule has 0 bridgehead atoms. The van der Waals surface area contributed by atoms with Crippen molar-refractivity contribution in [3.8, 4) is 0 Å². The molecule has 1 heterocycles. The van der Waals surface area contributed by atoms with Gasteiger partial charge in [0.05, 0.1) is 5.69 Å². The molecule has 0 atom stereocenters. The molecule has 0 saturated heterocycles. The molecule has 0 radical (unpaired) electrons. The lowest BCUT2D eigenvalue weighted by Gasteiger charge is -2.13. The van der Waals surface area contributed by atoms with Crippen molar-refractivity contribution in [2.75, 3.05) is 5.32 Å². The third kappa shape index (κ3) is 3.62. The Kier molecular flexibility index (Phi) is 4.41. The van der Waals surface area contributed by atoms with Crippen LogP contribution in [0.15, 0.2) is 53.3 Å². The second kappa shape index (κ2) is 6.78. The highest BCUT2D eigenvalue weighted by atomic mass is 19.4. The number of alkyl halides is 3. The van der Waals surface area contributed by atoms with E-state index in [9.17, 15) is 22.8 Å². The minimum absolute atomic E-state index is 0.0888. The van der Waals surface area contributed by atoms with Gasteiger partial charge in [-0.05, 0) is 30.4 Å². The second-order valence-corrected chi connectivity index (χ2v) is 6.79. The Morgan fingerprint density at radius 1 is 1.14 bits per heavy atom. The number of nitrogens with zero attached hydrogens (tertiary/aromatic N) is 2. The van der Waals surface area contributed by atoms with E-state index in [0.29, 0.717) is 10.4 Å². The van der Waals surface area contributed by atoms with Gasteiger partial charge in [0.2, 0.25) is 5.91 Å². The first-order chi connectivity index (χ1) is 13.3. The van der Waals surface area contributed by atoms with Crippen LogP contribution in [0.2, 0.25) is 0 Å². The average Bonchev–Trinajstić information content (AvgIpc) is 3.48. The number of carbonyl (C=O) groups excluding carboxylic acids is 1. The number of hydrogen-bond donors (Lipinski definition) is 1. The second-order valence-electron chi connectivity index (χ2n) is 6.79. The van der Waals surface area contributed by atoms with Gasteiger partial charge in [-0.2, -0.15) is 18.3 Å². The molecule has 28 heavy (non-hydrogen) atoms. The van der Waals surface area contributed by atoms with Crippen LogP contribution in [-0.4, -0.2) is 15.7 Å². The molecule has 1 N–H and O–H groups in total. The number of anilines is 1. The van der Waals surface area contributed by atoms with E-state index in [-0.39, 0.29) is 11.6 Å². The summed E-state index contributed by atoms with van der Waals surface area (Å²) in [4.78, 5) is 24.7. The summed E-state index contributed by atoms with van der Waals surface area (Å²) in [5.41, 5.74) is -1.89. The number of rotatable bonds is 4. The summed E-state index contributed by atoms with van der Waals surface area (Å²) in [7, 11) is 0. The first-order valence-electron chi connectivity index (χ1n) is 8.80. The molecule has 8 heteroatoms. The van der Waals surface area contributed by atoms with Crippen LogP contribution >= 0.6 is 0 Å². The number of nitrogens with one attached hydrogen (secondary N) is 1. The fraction of sp³-hybridized carbons (Fsp3) is 0.250. The Morgan fingerprint density at radius 3 is 2.57 bits per heavy atom. The quantitative estimate of drug-likeness (QED) is 0.738. The van der Waals surface area contributed by atoms with Crippen molar-refractivity contribution in [3.63, 3.8) is 0 Å². The number of hydrogen-bond acceptors (Lipinski definition) is 3. The van der Waals surface area contributed by atoms with Gasteiger partial charge in [-0.25, -0.2) is 4.68 Å². The maximum Gasteiger partial charge on any atom is 0.421 e. The molecule has 4 rings (SSSR count). The summed E-state index contributed by atoms with van der Waals surface area (Å²) in [6.45, 7) is -0.592. The predicted octanol–water partition coefficient (Wildman–Crippen LogP) is 3.93. The third-order valence-corrected chi connectivity index (χ3v) is 4.65. The number of carbonyl (C=O) groups is 1. The molecule has 1 amide bonds. The summed E-state index contributed by atoms with van der Waals surface area (Å²) in [6, 6.07) is 13.5. The fourth-order valence-corrected chi connectivity index (χ4v) is 3.11. The number of amides is 1. The van der Waals surface area contributed by atoms with Crippen LogP contribution in [0.1, 0.15) is 30.0 Å². The fourth-order valence-electron chi connectivity index (χ4n) is 3.11. The van der Waals surface area contributed by atoms with Gasteiger partial charge in [-0.3, -0.25) is 9.59 Å². The Hall–Kier alpha value is -3.16. The molecule has 1 fully saturated rings. The van der Waals surface area contributed by atoms with Crippen molar-refractivity contribution < 1.29 is 18.0 Å². The predicted molar refractivity (Wildman–Crippen MR) is 98.1 cm³/mol. The van der Waals surface area contributed by atoms with Gasteiger partial charge in [-0.1, -0.05) is 36.4 Å². The van der Waals surface area contributed by atoms with E-state index in [1.165, 1.54) is 0 Å². The Bertz CT molecular complexity index is 1110. The number of benzene rings is 2. The van der Waals surface area contributed by atoms with E-state index in [2.05, 4.69) is 10.4 Å². The van der Waals surface area contributed by atoms with E-state index < -0.39 is 29.8 Å². The topological polar surface area (TPSA) is 64.0 Å². The molecule has 144 valence electrons. The van der Waals surface area contributed by atoms with Crippen LogP contribution in [-0.2, 0) is 17.5 Å². The molecule has 1 saturated carbocycles. The first kappa shape index (κ1) is 18.2. The average molecular weight is 387 g/mol. The number of aromatic nitrogens is 2. The smallest absolute Gasteiger partial charge is 0.324 e. The molecule has 0 aliphatic heterocycles. The summed E-state index contributed by atoms with van der Waals surface area (Å²) < 4.78 is 40.2. The van der Waals surface area contributed by atoms with Gasteiger partial charge in [-0.15, -0.1) is 0 Å². The Balaban J connectivity index is 1.64. The number of fused-ring (bicyclic) bond motifs is 1. The first-order valence-corrected chi connectivity index (χ1v) is 8.80. The lowest BCUT2D eigenvalue weighted by Crippen LogP contribution is -2.35. The van der Waals surface area contributed by atoms with Gasteiger partial charge >= 0.3 is 6.18 Å². The van der Waals surface area contributed by atoms with E-state index in [1.807, 2.05) is 30.3 Å². The molecule has 5 nitrogen and oxygen atoms in total. The summed E-state index contributed by atoms with van der Waals surface area (Å²) in [5.74, 6) is -0.707. The number of halogens is 3. The van der Waals surface area contributed by atoms with Crippen molar-refractivity contribution in [1.29, 1.82) is 0 Å².